The van der Waals surface area contributed by atoms with E-state index < -0.39 is 17.8 Å². The molecule has 0 unspecified atom stereocenters. The van der Waals surface area contributed by atoms with E-state index in [4.69, 9.17) is 9.47 Å². The van der Waals surface area contributed by atoms with E-state index in [0.717, 1.165) is 10.7 Å². The van der Waals surface area contributed by atoms with Crippen LogP contribution in [0.25, 0.3) is 16.9 Å². The maximum Gasteiger partial charge on any atom is 0.435 e. The van der Waals surface area contributed by atoms with Gasteiger partial charge in [0.05, 0.1) is 26.9 Å². The number of benzene rings is 1. The molecule has 0 bridgehead atoms. The van der Waals surface area contributed by atoms with Crippen LogP contribution in [0, 0.1) is 6.92 Å². The number of hydroxylamine groups is 1. The highest BCUT2D eigenvalue weighted by molar-refractivity contribution is 5.94. The second kappa shape index (κ2) is 10.7. The summed E-state index contributed by atoms with van der Waals surface area (Å²) in [6.07, 6.45) is -0.534. The molecule has 0 aliphatic carbocycles. The number of alkyl halides is 3. The Hall–Kier alpha value is -4.72. The Balaban J connectivity index is 1.85. The van der Waals surface area contributed by atoms with Gasteiger partial charge in [-0.05, 0) is 19.1 Å². The molecule has 38 heavy (non-hydrogen) atoms. The number of amides is 1. The van der Waals surface area contributed by atoms with Gasteiger partial charge in [0.15, 0.2) is 11.5 Å². The monoisotopic (exact) mass is 529 g/mol. The van der Waals surface area contributed by atoms with Crippen molar-refractivity contribution in [3.8, 4) is 28.4 Å². The zero-order valence-electron chi connectivity index (χ0n) is 20.6. The summed E-state index contributed by atoms with van der Waals surface area (Å²) in [5.41, 5.74) is 2.57. The fourth-order valence-electron chi connectivity index (χ4n) is 3.50. The second-order valence-corrected chi connectivity index (χ2v) is 7.84. The van der Waals surface area contributed by atoms with Crippen molar-refractivity contribution < 1.29 is 32.3 Å². The zero-order valence-corrected chi connectivity index (χ0v) is 20.6. The third-order valence-electron chi connectivity index (χ3n) is 5.26. The summed E-state index contributed by atoms with van der Waals surface area (Å²) in [6.45, 7) is 1.47. The van der Waals surface area contributed by atoms with Gasteiger partial charge in [-0.1, -0.05) is 0 Å². The molecular weight excluding hydrogens is 507 g/mol. The number of aromatic nitrogens is 5. The van der Waals surface area contributed by atoms with Crippen molar-refractivity contribution in [3.63, 3.8) is 0 Å². The summed E-state index contributed by atoms with van der Waals surface area (Å²) < 4.78 is 51.9. The standard InChI is InChI=1S/C24H22F3N7O4/c1-13-5-20(24(25,26)27)32-34(13)21-19(14-6-15(11-28-10-14)22(35)33-38-4)12-29-23(31-21)30-16-7-17(36-2)9-18(8-16)37-3/h5-12H,1-4H3,(H,33,35)(H,29,30,31). The Morgan fingerprint density at radius 2 is 1.68 bits per heavy atom. The maximum atomic E-state index is 13.4. The molecule has 1 amide bonds. The molecule has 0 saturated carbocycles. The number of pyridine rings is 1. The summed E-state index contributed by atoms with van der Waals surface area (Å²) >= 11 is 0. The van der Waals surface area contributed by atoms with E-state index >= 15 is 0 Å². The van der Waals surface area contributed by atoms with Gasteiger partial charge in [-0.25, -0.2) is 15.1 Å². The van der Waals surface area contributed by atoms with Crippen LogP contribution in [0.4, 0.5) is 24.8 Å². The molecular formula is C24H22F3N7O4. The smallest absolute Gasteiger partial charge is 0.435 e. The van der Waals surface area contributed by atoms with E-state index in [0.29, 0.717) is 22.7 Å². The number of nitrogens with one attached hydrogen (secondary N) is 2. The maximum absolute atomic E-state index is 13.4. The quantitative estimate of drug-likeness (QED) is 0.325. The molecule has 14 heteroatoms. The van der Waals surface area contributed by atoms with Gasteiger partial charge in [0.25, 0.3) is 5.91 Å². The summed E-state index contributed by atoms with van der Waals surface area (Å²) in [5, 5.41) is 6.74. The van der Waals surface area contributed by atoms with Crippen LogP contribution in [0.3, 0.4) is 0 Å². The van der Waals surface area contributed by atoms with Crippen molar-refractivity contribution in [1.29, 1.82) is 0 Å². The van der Waals surface area contributed by atoms with Crippen LogP contribution < -0.4 is 20.3 Å². The fourth-order valence-corrected chi connectivity index (χ4v) is 3.50. The van der Waals surface area contributed by atoms with Gasteiger partial charge in [0.1, 0.15) is 11.5 Å². The lowest BCUT2D eigenvalue weighted by molar-refractivity contribution is -0.141. The highest BCUT2D eigenvalue weighted by Gasteiger charge is 2.35. The molecule has 11 nitrogen and oxygen atoms in total. The molecule has 3 heterocycles. The molecule has 0 fully saturated rings. The number of nitrogens with zero attached hydrogens (tertiary/aromatic N) is 5. The molecule has 3 aromatic heterocycles. The minimum atomic E-state index is -4.67. The lowest BCUT2D eigenvalue weighted by Gasteiger charge is -2.14. The first-order valence-electron chi connectivity index (χ1n) is 10.9. The number of halogens is 3. The predicted molar refractivity (Wildman–Crippen MR) is 129 cm³/mol. The number of carbonyl (C=O) groups excluding carboxylic acids is 1. The number of anilines is 2. The Morgan fingerprint density at radius 1 is 0.974 bits per heavy atom. The van der Waals surface area contributed by atoms with Crippen molar-refractivity contribution in [1.82, 2.24) is 30.2 Å². The van der Waals surface area contributed by atoms with Crippen LogP contribution >= 0.6 is 0 Å². The van der Waals surface area contributed by atoms with E-state index in [1.807, 2.05) is 0 Å². The van der Waals surface area contributed by atoms with Gasteiger partial charge in [-0.15, -0.1) is 0 Å². The second-order valence-electron chi connectivity index (χ2n) is 7.84. The molecule has 4 aromatic rings. The topological polar surface area (TPSA) is 125 Å². The lowest BCUT2D eigenvalue weighted by Crippen LogP contribution is -2.21. The third kappa shape index (κ3) is 5.64. The first kappa shape index (κ1) is 26.3. The SMILES string of the molecule is CONC(=O)c1cncc(-c2cnc(Nc3cc(OC)cc(OC)c3)nc2-n2nc(C(F)(F)F)cc2C)c1. The Kier molecular flexibility index (Phi) is 7.43. The van der Waals surface area contributed by atoms with Gasteiger partial charge in [0, 0.05) is 59.3 Å². The Bertz CT molecular complexity index is 1450. The Labute approximate surface area is 214 Å². The average molecular weight is 529 g/mol. The van der Waals surface area contributed by atoms with Crippen LogP contribution in [-0.2, 0) is 11.0 Å². The largest absolute Gasteiger partial charge is 0.497 e. The van der Waals surface area contributed by atoms with Crippen LogP contribution in [-0.4, -0.2) is 52.0 Å². The van der Waals surface area contributed by atoms with E-state index in [1.54, 1.807) is 18.2 Å². The van der Waals surface area contributed by atoms with Gasteiger partial charge in [0.2, 0.25) is 5.95 Å². The van der Waals surface area contributed by atoms with E-state index in [9.17, 15) is 18.0 Å². The number of methoxy groups -OCH3 is 2. The first-order valence-corrected chi connectivity index (χ1v) is 10.9. The molecule has 0 aliphatic heterocycles. The highest BCUT2D eigenvalue weighted by Crippen LogP contribution is 2.33. The minimum Gasteiger partial charge on any atom is -0.497 e. The van der Waals surface area contributed by atoms with Crippen LogP contribution in [0.2, 0.25) is 0 Å². The van der Waals surface area contributed by atoms with Gasteiger partial charge in [-0.3, -0.25) is 14.6 Å². The summed E-state index contributed by atoms with van der Waals surface area (Å²) in [6, 6.07) is 7.40. The third-order valence-corrected chi connectivity index (χ3v) is 5.26. The number of ether oxygens (including phenoxy) is 2. The van der Waals surface area contributed by atoms with Gasteiger partial charge in [-0.2, -0.15) is 23.3 Å². The number of aryl methyl sites for hydroxylation is 1. The molecule has 0 atom stereocenters. The van der Waals surface area contributed by atoms with Crippen molar-refractivity contribution in [2.75, 3.05) is 26.6 Å². The molecule has 0 spiro atoms. The minimum absolute atomic E-state index is 0.0245. The van der Waals surface area contributed by atoms with Gasteiger partial charge >= 0.3 is 6.18 Å². The van der Waals surface area contributed by atoms with Gasteiger partial charge < -0.3 is 14.8 Å². The summed E-state index contributed by atoms with van der Waals surface area (Å²) in [7, 11) is 4.27. The number of hydrogen-bond acceptors (Lipinski definition) is 9. The van der Waals surface area contributed by atoms with Crippen molar-refractivity contribution >= 4 is 17.5 Å². The summed E-state index contributed by atoms with van der Waals surface area (Å²) in [4.78, 5) is 29.7. The van der Waals surface area contributed by atoms with Crippen LogP contribution in [0.1, 0.15) is 21.7 Å². The zero-order chi connectivity index (χ0) is 27.4. The van der Waals surface area contributed by atoms with Crippen LogP contribution in [0.15, 0.2) is 48.9 Å². The molecule has 0 radical (unpaired) electrons. The van der Waals surface area contributed by atoms with Crippen molar-refractivity contribution in [3.05, 3.63) is 65.9 Å². The number of rotatable bonds is 8. The highest BCUT2D eigenvalue weighted by atomic mass is 19.4. The molecule has 4 rings (SSSR count). The molecule has 1 aromatic carbocycles. The predicted octanol–water partition coefficient (Wildman–Crippen LogP) is 4.10. The van der Waals surface area contributed by atoms with E-state index in [2.05, 4.69) is 35.7 Å². The average Bonchev–Trinajstić information content (AvgIpc) is 3.30. The number of hydrogen-bond donors (Lipinski definition) is 2. The normalized spacial score (nSPS) is 11.2. The lowest BCUT2D eigenvalue weighted by atomic mass is 10.1. The van der Waals surface area contributed by atoms with Crippen molar-refractivity contribution in [2.45, 2.75) is 13.1 Å². The van der Waals surface area contributed by atoms with E-state index in [1.165, 1.54) is 52.9 Å². The Morgan fingerprint density at radius 3 is 2.29 bits per heavy atom. The summed E-state index contributed by atoms with van der Waals surface area (Å²) in [5.74, 6) is 0.515. The van der Waals surface area contributed by atoms with Crippen molar-refractivity contribution in [2.24, 2.45) is 0 Å². The number of carbonyl (C=O) groups is 1. The van der Waals surface area contributed by atoms with E-state index in [-0.39, 0.29) is 28.6 Å². The fraction of sp³-hybridized carbons (Fsp3) is 0.208. The molecule has 0 saturated heterocycles. The first-order chi connectivity index (χ1) is 18.1. The molecule has 198 valence electrons. The molecule has 2 N–H and O–H groups in total. The molecule has 0 aliphatic rings. The van der Waals surface area contributed by atoms with Crippen LogP contribution in [0.5, 0.6) is 11.5 Å².